The maximum Gasteiger partial charge on any atom is 0.328 e. The fraction of sp³-hybridized carbons (Fsp3) is 0.143. The third kappa shape index (κ3) is 1.87. The summed E-state index contributed by atoms with van der Waals surface area (Å²) >= 11 is 0. The fourth-order valence-corrected chi connectivity index (χ4v) is 0.852. The third-order valence-corrected chi connectivity index (χ3v) is 1.44. The molecule has 0 spiro atoms. The highest BCUT2D eigenvalue weighted by atomic mass is 16.4. The van der Waals surface area contributed by atoms with Gasteiger partial charge in [0.15, 0.2) is 0 Å². The van der Waals surface area contributed by atoms with E-state index in [9.17, 15) is 14.4 Å². The van der Waals surface area contributed by atoms with Crippen LogP contribution in [0.4, 0.5) is 0 Å². The Morgan fingerprint density at radius 3 is 2.79 bits per heavy atom. The van der Waals surface area contributed by atoms with Crippen LogP contribution >= 0.6 is 0 Å². The largest absolute Gasteiger partial charge is 0.480 e. The van der Waals surface area contributed by atoms with Crippen LogP contribution in [0.15, 0.2) is 15.8 Å². The number of hydrogen-bond acceptors (Lipinski definition) is 4. The Morgan fingerprint density at radius 2 is 2.29 bits per heavy atom. The topological polar surface area (TPSA) is 116 Å². The number of nitriles is 1. The average molecular weight is 195 g/mol. The van der Waals surface area contributed by atoms with Gasteiger partial charge in [0.2, 0.25) is 0 Å². The number of carboxylic acid groups (broad SMARTS) is 1. The molecule has 0 aliphatic carbocycles. The van der Waals surface area contributed by atoms with Crippen molar-refractivity contribution in [2.75, 3.05) is 0 Å². The number of rotatable bonds is 2. The number of nitrogens with zero attached hydrogens (tertiary/aromatic N) is 2. The van der Waals surface area contributed by atoms with Gasteiger partial charge in [0.05, 0.1) is 0 Å². The summed E-state index contributed by atoms with van der Waals surface area (Å²) in [7, 11) is 0. The molecule has 0 radical (unpaired) electrons. The second-order valence-electron chi connectivity index (χ2n) is 2.44. The molecule has 1 aromatic rings. The van der Waals surface area contributed by atoms with Crippen LogP contribution in [0.25, 0.3) is 0 Å². The molecular formula is C7H5N3O4. The van der Waals surface area contributed by atoms with E-state index < -0.39 is 23.8 Å². The van der Waals surface area contributed by atoms with Crippen LogP contribution in [0.2, 0.25) is 0 Å². The van der Waals surface area contributed by atoms with Gasteiger partial charge >= 0.3 is 11.7 Å². The Kier molecular flexibility index (Phi) is 2.48. The minimum absolute atomic E-state index is 0.300. The van der Waals surface area contributed by atoms with E-state index in [1.807, 2.05) is 4.98 Å². The quantitative estimate of drug-likeness (QED) is 0.595. The first-order chi connectivity index (χ1) is 6.54. The molecule has 1 aromatic heterocycles. The van der Waals surface area contributed by atoms with Crippen molar-refractivity contribution in [2.45, 2.75) is 6.54 Å². The van der Waals surface area contributed by atoms with Gasteiger partial charge in [0.1, 0.15) is 18.2 Å². The summed E-state index contributed by atoms with van der Waals surface area (Å²) in [6, 6.07) is 1.54. The van der Waals surface area contributed by atoms with E-state index in [-0.39, 0.29) is 5.56 Å². The molecule has 1 heterocycles. The highest BCUT2D eigenvalue weighted by Gasteiger charge is 2.06. The molecule has 7 heteroatoms. The summed E-state index contributed by atoms with van der Waals surface area (Å²) in [5.74, 6) is -1.23. The highest BCUT2D eigenvalue weighted by molar-refractivity contribution is 5.66. The smallest absolute Gasteiger partial charge is 0.328 e. The average Bonchev–Trinajstić information content (AvgIpc) is 2.09. The zero-order valence-electron chi connectivity index (χ0n) is 6.85. The molecule has 0 aliphatic rings. The van der Waals surface area contributed by atoms with Crippen LogP contribution < -0.4 is 11.2 Å². The number of carbonyl (C=O) groups is 1. The lowest BCUT2D eigenvalue weighted by Crippen LogP contribution is -2.32. The summed E-state index contributed by atoms with van der Waals surface area (Å²) in [6.45, 7) is -0.593. The van der Waals surface area contributed by atoms with E-state index in [2.05, 4.69) is 0 Å². The van der Waals surface area contributed by atoms with E-state index >= 15 is 0 Å². The van der Waals surface area contributed by atoms with Crippen LogP contribution in [-0.2, 0) is 11.3 Å². The standard InChI is InChI=1S/C7H5N3O4/c8-1-4-2-10(3-5(11)12)7(14)9-6(4)13/h2H,3H2,(H,11,12)(H,9,13,14). The Morgan fingerprint density at radius 1 is 1.64 bits per heavy atom. The maximum absolute atomic E-state index is 11.0. The van der Waals surface area contributed by atoms with E-state index in [1.165, 1.54) is 6.07 Å². The fourth-order valence-electron chi connectivity index (χ4n) is 0.852. The molecule has 1 rings (SSSR count). The van der Waals surface area contributed by atoms with E-state index in [1.54, 1.807) is 0 Å². The van der Waals surface area contributed by atoms with Crippen molar-refractivity contribution in [1.82, 2.24) is 9.55 Å². The first-order valence-corrected chi connectivity index (χ1v) is 3.50. The molecule has 7 nitrogen and oxygen atoms in total. The molecule has 0 aliphatic heterocycles. The minimum Gasteiger partial charge on any atom is -0.480 e. The third-order valence-electron chi connectivity index (χ3n) is 1.44. The molecule has 0 bridgehead atoms. The Balaban J connectivity index is 3.34. The van der Waals surface area contributed by atoms with Gasteiger partial charge in [-0.25, -0.2) is 4.79 Å². The second-order valence-corrected chi connectivity index (χ2v) is 2.44. The van der Waals surface area contributed by atoms with Crippen LogP contribution in [0.3, 0.4) is 0 Å². The molecule has 0 saturated heterocycles. The molecule has 0 unspecified atom stereocenters. The number of H-pyrrole nitrogens is 1. The van der Waals surface area contributed by atoms with Crippen molar-refractivity contribution in [2.24, 2.45) is 0 Å². The van der Waals surface area contributed by atoms with E-state index in [0.717, 1.165) is 10.8 Å². The van der Waals surface area contributed by atoms with Crippen LogP contribution in [0.5, 0.6) is 0 Å². The summed E-state index contributed by atoms with van der Waals surface area (Å²) in [5.41, 5.74) is -1.97. The lowest BCUT2D eigenvalue weighted by Gasteiger charge is -1.99. The van der Waals surface area contributed by atoms with Gasteiger partial charge < -0.3 is 5.11 Å². The van der Waals surface area contributed by atoms with Crippen LogP contribution in [0, 0.1) is 11.3 Å². The van der Waals surface area contributed by atoms with Crippen molar-refractivity contribution in [3.63, 3.8) is 0 Å². The van der Waals surface area contributed by atoms with E-state index in [4.69, 9.17) is 10.4 Å². The zero-order chi connectivity index (χ0) is 10.7. The van der Waals surface area contributed by atoms with Gasteiger partial charge in [0.25, 0.3) is 5.56 Å². The molecule has 0 atom stereocenters. The zero-order valence-corrected chi connectivity index (χ0v) is 6.85. The van der Waals surface area contributed by atoms with Gasteiger partial charge in [-0.3, -0.25) is 19.1 Å². The maximum atomic E-state index is 11.0. The van der Waals surface area contributed by atoms with Gasteiger partial charge in [-0.1, -0.05) is 0 Å². The SMILES string of the molecule is N#Cc1cn(CC(=O)O)c(=O)[nH]c1=O. The van der Waals surface area contributed by atoms with Crippen molar-refractivity contribution in [3.8, 4) is 6.07 Å². The number of hydrogen-bond donors (Lipinski definition) is 2. The molecule has 14 heavy (non-hydrogen) atoms. The predicted octanol–water partition coefficient (Wildman–Crippen LogP) is -1.51. The van der Waals surface area contributed by atoms with Gasteiger partial charge in [-0.05, 0) is 0 Å². The Bertz CT molecular complexity index is 519. The normalized spacial score (nSPS) is 9.36. The van der Waals surface area contributed by atoms with E-state index in [0.29, 0.717) is 0 Å². The molecule has 2 N–H and O–H groups in total. The van der Waals surface area contributed by atoms with Crippen molar-refractivity contribution >= 4 is 5.97 Å². The predicted molar refractivity (Wildman–Crippen MR) is 43.7 cm³/mol. The molecule has 0 saturated carbocycles. The Hall–Kier alpha value is -2.36. The minimum atomic E-state index is -1.23. The number of nitrogens with one attached hydrogen (secondary N) is 1. The number of aliphatic carboxylic acids is 1. The summed E-state index contributed by atoms with van der Waals surface area (Å²) in [5, 5.41) is 16.8. The molecule has 0 amide bonds. The van der Waals surface area contributed by atoms with Crippen LogP contribution in [0.1, 0.15) is 5.56 Å². The Labute approximate surface area is 76.8 Å². The molecular weight excluding hydrogens is 190 g/mol. The first kappa shape index (κ1) is 9.73. The first-order valence-electron chi connectivity index (χ1n) is 3.50. The number of carboxylic acids is 1. The second kappa shape index (κ2) is 3.57. The highest BCUT2D eigenvalue weighted by Crippen LogP contribution is 1.84. The molecule has 0 fully saturated rings. The summed E-state index contributed by atoms with van der Waals surface area (Å²) in [6.07, 6.45) is 0.912. The van der Waals surface area contributed by atoms with Crippen molar-refractivity contribution in [3.05, 3.63) is 32.6 Å². The lowest BCUT2D eigenvalue weighted by molar-refractivity contribution is -0.137. The molecule has 0 aromatic carbocycles. The number of aromatic amines is 1. The summed E-state index contributed by atoms with van der Waals surface area (Å²) < 4.78 is 0.738. The van der Waals surface area contributed by atoms with Crippen LogP contribution in [-0.4, -0.2) is 20.6 Å². The number of aromatic nitrogens is 2. The summed E-state index contributed by atoms with van der Waals surface area (Å²) in [4.78, 5) is 33.9. The lowest BCUT2D eigenvalue weighted by atomic mass is 10.4. The molecule has 72 valence electrons. The van der Waals surface area contributed by atoms with Crippen molar-refractivity contribution in [1.29, 1.82) is 5.26 Å². The van der Waals surface area contributed by atoms with Gasteiger partial charge in [-0.15, -0.1) is 0 Å². The van der Waals surface area contributed by atoms with Gasteiger partial charge in [0, 0.05) is 6.20 Å². The van der Waals surface area contributed by atoms with Crippen molar-refractivity contribution < 1.29 is 9.90 Å². The monoisotopic (exact) mass is 195 g/mol. The van der Waals surface area contributed by atoms with Gasteiger partial charge in [-0.2, -0.15) is 5.26 Å².